The second-order valence-corrected chi connectivity index (χ2v) is 6.19. The second kappa shape index (κ2) is 5.11. The fraction of sp³-hybridized carbons (Fsp3) is 0.438. The van der Waals surface area contributed by atoms with Gasteiger partial charge in [0.2, 0.25) is 0 Å². The van der Waals surface area contributed by atoms with E-state index in [-0.39, 0.29) is 5.82 Å². The molecular weight excluding hydrogens is 289 g/mol. The molecule has 110 valence electrons. The quantitative estimate of drug-likeness (QED) is 0.876. The fourth-order valence-corrected chi connectivity index (χ4v) is 3.83. The van der Waals surface area contributed by atoms with Crippen molar-refractivity contribution < 1.29 is 4.39 Å². The zero-order chi connectivity index (χ0) is 14.4. The van der Waals surface area contributed by atoms with Crippen LogP contribution >= 0.6 is 11.6 Å². The lowest BCUT2D eigenvalue weighted by atomic mass is 9.95. The van der Waals surface area contributed by atoms with Gasteiger partial charge >= 0.3 is 0 Å². The fourth-order valence-electron chi connectivity index (χ4n) is 3.45. The van der Waals surface area contributed by atoms with Crippen LogP contribution in [0.5, 0.6) is 0 Å². The zero-order valence-electron chi connectivity index (χ0n) is 11.7. The van der Waals surface area contributed by atoms with Crippen molar-refractivity contribution in [2.24, 2.45) is 0 Å². The summed E-state index contributed by atoms with van der Waals surface area (Å²) in [6.07, 6.45) is 3.80. The maximum Gasteiger partial charge on any atom is 0.136 e. The van der Waals surface area contributed by atoms with E-state index in [1.165, 1.54) is 6.07 Å². The van der Waals surface area contributed by atoms with Gasteiger partial charge in [-0.3, -0.25) is 4.57 Å². The van der Waals surface area contributed by atoms with Crippen LogP contribution in [0.3, 0.4) is 0 Å². The van der Waals surface area contributed by atoms with Gasteiger partial charge in [0, 0.05) is 12.3 Å². The molecule has 21 heavy (non-hydrogen) atoms. The largest absolute Gasteiger partial charge is 0.317 e. The number of aromatic nitrogens is 2. The third-order valence-electron chi connectivity index (χ3n) is 4.54. The molecule has 0 radical (unpaired) electrons. The van der Waals surface area contributed by atoms with Gasteiger partial charge in [0.05, 0.1) is 11.4 Å². The van der Waals surface area contributed by atoms with Crippen LogP contribution in [0.1, 0.15) is 35.8 Å². The van der Waals surface area contributed by atoms with Crippen LogP contribution in [0.4, 0.5) is 4.39 Å². The molecule has 1 fully saturated rings. The number of nitrogens with zero attached hydrogens (tertiary/aromatic N) is 2. The van der Waals surface area contributed by atoms with Gasteiger partial charge in [-0.1, -0.05) is 11.6 Å². The van der Waals surface area contributed by atoms with Crippen LogP contribution in [-0.4, -0.2) is 22.6 Å². The lowest BCUT2D eigenvalue weighted by molar-refractivity contribution is 0.454. The highest BCUT2D eigenvalue weighted by molar-refractivity contribution is 6.30. The normalized spacial score (nSPS) is 18.4. The molecular formula is C16H17ClFN3. The van der Waals surface area contributed by atoms with Crippen LogP contribution in [0.2, 0.25) is 5.15 Å². The van der Waals surface area contributed by atoms with E-state index in [4.69, 9.17) is 16.6 Å². The minimum atomic E-state index is -0.188. The van der Waals surface area contributed by atoms with E-state index in [2.05, 4.69) is 5.32 Å². The number of fused-ring (bicyclic) bond motifs is 3. The predicted octanol–water partition coefficient (Wildman–Crippen LogP) is 3.23. The Morgan fingerprint density at radius 1 is 1.24 bits per heavy atom. The van der Waals surface area contributed by atoms with Crippen molar-refractivity contribution in [3.8, 4) is 5.69 Å². The average molecular weight is 306 g/mol. The number of hydrogen-bond acceptors (Lipinski definition) is 2. The predicted molar refractivity (Wildman–Crippen MR) is 80.8 cm³/mol. The first-order valence-electron chi connectivity index (χ1n) is 7.50. The van der Waals surface area contributed by atoms with Crippen molar-refractivity contribution >= 4 is 11.6 Å². The van der Waals surface area contributed by atoms with Gasteiger partial charge in [-0.2, -0.15) is 0 Å². The summed E-state index contributed by atoms with van der Waals surface area (Å²) in [7, 11) is 0. The highest BCUT2D eigenvalue weighted by Gasteiger charge is 2.27. The Morgan fingerprint density at radius 3 is 2.86 bits per heavy atom. The van der Waals surface area contributed by atoms with Gasteiger partial charge in [-0.05, 0) is 56.1 Å². The molecule has 2 aromatic rings. The molecule has 1 aromatic heterocycles. The van der Waals surface area contributed by atoms with Gasteiger partial charge in [-0.25, -0.2) is 9.37 Å². The molecule has 3 nitrogen and oxygen atoms in total. The Labute approximate surface area is 128 Å². The van der Waals surface area contributed by atoms with Crippen molar-refractivity contribution in [1.82, 2.24) is 14.9 Å². The van der Waals surface area contributed by atoms with Crippen molar-refractivity contribution in [1.29, 1.82) is 0 Å². The minimum Gasteiger partial charge on any atom is -0.317 e. The lowest BCUT2D eigenvalue weighted by Crippen LogP contribution is -2.26. The molecule has 1 aromatic carbocycles. The Bertz CT molecular complexity index is 689. The van der Waals surface area contributed by atoms with E-state index in [1.54, 1.807) is 6.07 Å². The number of nitrogens with one attached hydrogen (secondary N) is 1. The number of rotatable bonds is 1. The van der Waals surface area contributed by atoms with Gasteiger partial charge in [0.15, 0.2) is 0 Å². The standard InChI is InChI=1S/C16H17ClFN3/c17-16-15(10-5-7-19-8-6-10)20-14-4-1-11-9-12(18)2-3-13(11)21(14)16/h2-3,9-10,19H,1,4-8H2. The highest BCUT2D eigenvalue weighted by Crippen LogP contribution is 2.36. The van der Waals surface area contributed by atoms with E-state index < -0.39 is 0 Å². The van der Waals surface area contributed by atoms with Crippen LogP contribution in [0, 0.1) is 5.82 Å². The zero-order valence-corrected chi connectivity index (χ0v) is 12.5. The van der Waals surface area contributed by atoms with Gasteiger partial charge < -0.3 is 5.32 Å². The number of imidazole rings is 1. The maximum absolute atomic E-state index is 13.4. The molecule has 0 unspecified atom stereocenters. The van der Waals surface area contributed by atoms with Crippen molar-refractivity contribution in [3.63, 3.8) is 0 Å². The minimum absolute atomic E-state index is 0.188. The van der Waals surface area contributed by atoms with E-state index in [0.29, 0.717) is 11.1 Å². The molecule has 0 amide bonds. The van der Waals surface area contributed by atoms with Crippen LogP contribution in [-0.2, 0) is 12.8 Å². The number of halogens is 2. The summed E-state index contributed by atoms with van der Waals surface area (Å²) in [5.41, 5.74) is 3.01. The Morgan fingerprint density at radius 2 is 2.05 bits per heavy atom. The third-order valence-corrected chi connectivity index (χ3v) is 4.90. The Balaban J connectivity index is 1.81. The molecule has 5 heteroatoms. The van der Waals surface area contributed by atoms with Crippen LogP contribution in [0.25, 0.3) is 5.69 Å². The van der Waals surface area contributed by atoms with E-state index in [0.717, 1.165) is 61.5 Å². The molecule has 0 bridgehead atoms. The molecule has 2 aliphatic heterocycles. The highest BCUT2D eigenvalue weighted by atomic mass is 35.5. The molecule has 0 atom stereocenters. The van der Waals surface area contributed by atoms with E-state index >= 15 is 0 Å². The van der Waals surface area contributed by atoms with Gasteiger partial charge in [0.25, 0.3) is 0 Å². The third kappa shape index (κ3) is 2.17. The molecule has 2 aliphatic rings. The van der Waals surface area contributed by atoms with Crippen LogP contribution in [0.15, 0.2) is 18.2 Å². The number of aryl methyl sites for hydroxylation is 2. The summed E-state index contributed by atoms with van der Waals surface area (Å²) in [6, 6.07) is 4.92. The second-order valence-electron chi connectivity index (χ2n) is 5.84. The van der Waals surface area contributed by atoms with Gasteiger partial charge in [0.1, 0.15) is 16.8 Å². The summed E-state index contributed by atoms with van der Waals surface area (Å²) in [5.74, 6) is 1.25. The lowest BCUT2D eigenvalue weighted by Gasteiger charge is -2.21. The summed E-state index contributed by atoms with van der Waals surface area (Å²) in [6.45, 7) is 2.04. The smallest absolute Gasteiger partial charge is 0.136 e. The SMILES string of the molecule is Fc1ccc2c(c1)CCc1nc(C3CCNCC3)c(Cl)n1-2. The van der Waals surface area contributed by atoms with Crippen LogP contribution < -0.4 is 5.32 Å². The Kier molecular flexibility index (Phi) is 3.23. The molecule has 3 heterocycles. The monoisotopic (exact) mass is 305 g/mol. The maximum atomic E-state index is 13.4. The summed E-state index contributed by atoms with van der Waals surface area (Å²) in [5, 5.41) is 4.08. The number of piperidine rings is 1. The van der Waals surface area contributed by atoms with Gasteiger partial charge in [-0.15, -0.1) is 0 Å². The number of hydrogen-bond donors (Lipinski definition) is 1. The molecule has 4 rings (SSSR count). The summed E-state index contributed by atoms with van der Waals surface area (Å²) >= 11 is 6.63. The molecule has 0 spiro atoms. The molecule has 0 saturated carbocycles. The average Bonchev–Trinajstić information content (AvgIpc) is 2.85. The molecule has 1 saturated heterocycles. The first-order valence-corrected chi connectivity index (χ1v) is 7.88. The Hall–Kier alpha value is -1.39. The van der Waals surface area contributed by atoms with E-state index in [1.807, 2.05) is 10.6 Å². The number of benzene rings is 1. The van der Waals surface area contributed by atoms with Crippen molar-refractivity contribution in [2.75, 3.05) is 13.1 Å². The first-order chi connectivity index (χ1) is 10.2. The van der Waals surface area contributed by atoms with Crippen molar-refractivity contribution in [3.05, 3.63) is 46.3 Å². The molecule has 1 N–H and O–H groups in total. The summed E-state index contributed by atoms with van der Waals surface area (Å²) < 4.78 is 15.4. The topological polar surface area (TPSA) is 29.9 Å². The summed E-state index contributed by atoms with van der Waals surface area (Å²) in [4.78, 5) is 4.80. The van der Waals surface area contributed by atoms with Crippen molar-refractivity contribution in [2.45, 2.75) is 31.6 Å². The first kappa shape index (κ1) is 13.3. The molecule has 0 aliphatic carbocycles. The van der Waals surface area contributed by atoms with E-state index in [9.17, 15) is 4.39 Å².